The first kappa shape index (κ1) is 32.9. The minimum absolute atomic E-state index is 0.0119. The number of hydrogen-bond acceptors (Lipinski definition) is 14. The van der Waals surface area contributed by atoms with Gasteiger partial charge in [-0.1, -0.05) is 60.7 Å². The minimum Gasteiger partial charge on any atom is -0.463 e. The van der Waals surface area contributed by atoms with Crippen molar-refractivity contribution in [1.82, 2.24) is 20.7 Å². The first-order chi connectivity index (χ1) is 20.1. The third kappa shape index (κ3) is 9.22. The van der Waals surface area contributed by atoms with Gasteiger partial charge in [-0.25, -0.2) is 24.4 Å². The van der Waals surface area contributed by atoms with Crippen LogP contribution in [0.3, 0.4) is 0 Å². The number of unbranched alkanes of at least 4 members (excludes halogenated alkanes) is 1. The van der Waals surface area contributed by atoms with Crippen LogP contribution in [0.2, 0.25) is 0 Å². The van der Waals surface area contributed by atoms with Gasteiger partial charge in [-0.2, -0.15) is 0 Å². The van der Waals surface area contributed by atoms with Crippen molar-refractivity contribution in [3.8, 4) is 6.01 Å². The van der Waals surface area contributed by atoms with Crippen molar-refractivity contribution < 1.29 is 49.5 Å². The van der Waals surface area contributed by atoms with Gasteiger partial charge in [0.15, 0.2) is 5.60 Å². The molecule has 0 radical (unpaired) electrons. The van der Waals surface area contributed by atoms with Crippen LogP contribution in [0, 0.1) is 13.8 Å². The third-order valence-corrected chi connectivity index (χ3v) is 6.28. The standard InChI is InChI=1S/C28H36N4O10/c1-20-18-21(2)30-27(29-20)41-25(26(33)39-17-11-10-16-24(42-32(36)37)19-40-31(34)35)28(38-3,22-12-6-4-7-13-22)23-14-8-5-9-15-23/h4-9,12-15,18,24-25,34-37H,10-11,16-17,19H2,1-3H3/t24?,25-/m1/s1. The fourth-order valence-corrected chi connectivity index (χ4v) is 4.50. The summed E-state index contributed by atoms with van der Waals surface area (Å²) < 4.78 is 18.1. The maximum absolute atomic E-state index is 13.8. The molecule has 1 aromatic heterocycles. The molecule has 0 aliphatic carbocycles. The van der Waals surface area contributed by atoms with Gasteiger partial charge in [-0.15, -0.1) is 0 Å². The van der Waals surface area contributed by atoms with Gasteiger partial charge in [0.1, 0.15) is 12.7 Å². The van der Waals surface area contributed by atoms with Gasteiger partial charge >= 0.3 is 12.0 Å². The molecule has 0 saturated heterocycles. The minimum atomic E-state index is -1.44. The summed E-state index contributed by atoms with van der Waals surface area (Å²) in [6, 6.07) is 20.1. The normalized spacial score (nSPS) is 13.3. The molecule has 3 aromatic rings. The Bertz CT molecular complexity index is 1170. The molecule has 0 saturated carbocycles. The summed E-state index contributed by atoms with van der Waals surface area (Å²) >= 11 is 0. The number of aryl methyl sites for hydroxylation is 2. The average Bonchev–Trinajstić information content (AvgIpc) is 2.96. The van der Waals surface area contributed by atoms with E-state index in [2.05, 4.69) is 14.8 Å². The molecule has 3 rings (SSSR count). The molecule has 14 nitrogen and oxygen atoms in total. The highest BCUT2D eigenvalue weighted by atomic mass is 17.1. The van der Waals surface area contributed by atoms with E-state index >= 15 is 0 Å². The summed E-state index contributed by atoms with van der Waals surface area (Å²) in [4.78, 5) is 31.8. The van der Waals surface area contributed by atoms with Crippen molar-refractivity contribution in [2.24, 2.45) is 0 Å². The summed E-state index contributed by atoms with van der Waals surface area (Å²) in [5, 5.41) is 34.3. The van der Waals surface area contributed by atoms with Crippen LogP contribution in [0.1, 0.15) is 41.8 Å². The van der Waals surface area contributed by atoms with Gasteiger partial charge < -0.3 is 14.2 Å². The second kappa shape index (κ2) is 16.2. The molecular weight excluding hydrogens is 552 g/mol. The van der Waals surface area contributed by atoms with Crippen LogP contribution in [0.25, 0.3) is 0 Å². The Morgan fingerprint density at radius 1 is 0.881 bits per heavy atom. The maximum Gasteiger partial charge on any atom is 0.351 e. The zero-order valence-corrected chi connectivity index (χ0v) is 23.6. The summed E-state index contributed by atoms with van der Waals surface area (Å²) in [6.45, 7) is 3.15. The number of carbonyl (C=O) groups is 1. The number of hydrogen-bond donors (Lipinski definition) is 4. The van der Waals surface area contributed by atoms with E-state index in [9.17, 15) is 4.79 Å². The van der Waals surface area contributed by atoms with Crippen LogP contribution in [0.4, 0.5) is 0 Å². The van der Waals surface area contributed by atoms with Gasteiger partial charge in [0.2, 0.25) is 6.10 Å². The van der Waals surface area contributed by atoms with Crippen LogP contribution in [-0.4, -0.2) is 80.1 Å². The van der Waals surface area contributed by atoms with E-state index in [0.29, 0.717) is 35.4 Å². The molecule has 0 fully saturated rings. The lowest BCUT2D eigenvalue weighted by Crippen LogP contribution is -2.51. The zero-order valence-electron chi connectivity index (χ0n) is 23.6. The van der Waals surface area contributed by atoms with E-state index in [1.54, 1.807) is 19.9 Å². The maximum atomic E-state index is 13.8. The summed E-state index contributed by atoms with van der Waals surface area (Å²) in [5.41, 5.74) is 1.15. The predicted molar refractivity (Wildman–Crippen MR) is 143 cm³/mol. The predicted octanol–water partition coefficient (Wildman–Crippen LogP) is 3.54. The Morgan fingerprint density at radius 2 is 1.45 bits per heavy atom. The largest absolute Gasteiger partial charge is 0.463 e. The van der Waals surface area contributed by atoms with E-state index in [0.717, 1.165) is 0 Å². The quantitative estimate of drug-likeness (QED) is 0.102. The van der Waals surface area contributed by atoms with Gasteiger partial charge in [-0.3, -0.25) is 20.8 Å². The van der Waals surface area contributed by atoms with Crippen molar-refractivity contribution in [3.05, 3.63) is 89.2 Å². The van der Waals surface area contributed by atoms with Crippen LogP contribution < -0.4 is 4.74 Å². The summed E-state index contributed by atoms with van der Waals surface area (Å²) in [6.07, 6.45) is -1.41. The van der Waals surface area contributed by atoms with Crippen LogP contribution in [0.5, 0.6) is 6.01 Å². The number of esters is 1. The van der Waals surface area contributed by atoms with Gasteiger partial charge in [0.25, 0.3) is 0 Å². The van der Waals surface area contributed by atoms with Crippen molar-refractivity contribution in [3.63, 3.8) is 0 Å². The number of carbonyl (C=O) groups excluding carboxylic acids is 1. The molecule has 0 bridgehead atoms. The molecule has 2 aromatic carbocycles. The Labute approximate surface area is 243 Å². The molecule has 1 unspecified atom stereocenters. The lowest BCUT2D eigenvalue weighted by molar-refractivity contribution is -0.527. The van der Waals surface area contributed by atoms with Gasteiger partial charge in [-0.05, 0) is 50.3 Å². The lowest BCUT2D eigenvalue weighted by atomic mass is 9.81. The lowest BCUT2D eigenvalue weighted by Gasteiger charge is -2.38. The number of aromatic nitrogens is 2. The molecule has 0 spiro atoms. The van der Waals surface area contributed by atoms with Gasteiger partial charge in [0, 0.05) is 18.5 Å². The molecular formula is C28H36N4O10. The van der Waals surface area contributed by atoms with Crippen molar-refractivity contribution in [2.45, 2.75) is 50.9 Å². The molecule has 2 atom stereocenters. The highest BCUT2D eigenvalue weighted by molar-refractivity contribution is 5.78. The first-order valence-electron chi connectivity index (χ1n) is 13.1. The smallest absolute Gasteiger partial charge is 0.351 e. The van der Waals surface area contributed by atoms with Crippen molar-refractivity contribution >= 4 is 5.97 Å². The molecule has 0 aliphatic heterocycles. The van der Waals surface area contributed by atoms with E-state index in [1.807, 2.05) is 60.7 Å². The Morgan fingerprint density at radius 3 is 1.95 bits per heavy atom. The Hall–Kier alpha value is -3.57. The third-order valence-electron chi connectivity index (χ3n) is 6.28. The Kier molecular flexibility index (Phi) is 12.7. The fourth-order valence-electron chi connectivity index (χ4n) is 4.50. The molecule has 228 valence electrons. The zero-order chi connectivity index (χ0) is 30.5. The number of rotatable bonds is 17. The molecule has 0 amide bonds. The molecule has 14 heteroatoms. The summed E-state index contributed by atoms with van der Waals surface area (Å²) in [5.74, 6) is -0.725. The summed E-state index contributed by atoms with van der Waals surface area (Å²) in [7, 11) is 1.49. The monoisotopic (exact) mass is 588 g/mol. The van der Waals surface area contributed by atoms with Crippen LogP contribution in [0.15, 0.2) is 66.7 Å². The average molecular weight is 589 g/mol. The van der Waals surface area contributed by atoms with E-state index < -0.39 is 41.2 Å². The van der Waals surface area contributed by atoms with Crippen molar-refractivity contribution in [1.29, 1.82) is 0 Å². The SMILES string of the molecule is COC(c1ccccc1)(c1ccccc1)[C@H](Oc1nc(C)cc(C)n1)C(=O)OCCCCC(CON(O)O)ON(O)O. The molecule has 0 aliphatic rings. The van der Waals surface area contributed by atoms with E-state index in [4.69, 9.17) is 39.9 Å². The number of methoxy groups -OCH3 is 1. The molecule has 1 heterocycles. The van der Waals surface area contributed by atoms with Gasteiger partial charge in [0.05, 0.1) is 17.4 Å². The van der Waals surface area contributed by atoms with E-state index in [1.165, 1.54) is 7.11 Å². The first-order valence-corrected chi connectivity index (χ1v) is 13.1. The Balaban J connectivity index is 1.85. The number of nitrogens with zero attached hydrogens (tertiary/aromatic N) is 4. The molecule has 42 heavy (non-hydrogen) atoms. The highest BCUT2D eigenvalue weighted by Gasteiger charge is 2.50. The van der Waals surface area contributed by atoms with Crippen molar-refractivity contribution in [2.75, 3.05) is 20.3 Å². The second-order valence-electron chi connectivity index (χ2n) is 9.29. The number of benzene rings is 2. The van der Waals surface area contributed by atoms with Crippen LogP contribution >= 0.6 is 0 Å². The highest BCUT2D eigenvalue weighted by Crippen LogP contribution is 2.39. The second-order valence-corrected chi connectivity index (χ2v) is 9.29. The van der Waals surface area contributed by atoms with E-state index in [-0.39, 0.29) is 19.0 Å². The number of ether oxygens (including phenoxy) is 3. The fraction of sp³-hybridized carbons (Fsp3) is 0.393. The molecule has 4 N–H and O–H groups in total. The topological polar surface area (TPSA) is 176 Å². The van der Waals surface area contributed by atoms with Crippen LogP contribution in [-0.2, 0) is 29.5 Å².